The summed E-state index contributed by atoms with van der Waals surface area (Å²) in [5.41, 5.74) is 5.17. The van der Waals surface area contributed by atoms with Crippen LogP contribution < -0.4 is 19.9 Å². The summed E-state index contributed by atoms with van der Waals surface area (Å²) in [6.45, 7) is 0. The number of hydrogen-bond acceptors (Lipinski definition) is 5. The molecule has 1 aromatic rings. The van der Waals surface area contributed by atoms with E-state index >= 15 is 0 Å². The van der Waals surface area contributed by atoms with Crippen LogP contribution in [0.5, 0.6) is 17.2 Å². The molecule has 0 aromatic heterocycles. The summed E-state index contributed by atoms with van der Waals surface area (Å²) in [6, 6.07) is 0.748. The fourth-order valence-corrected chi connectivity index (χ4v) is 1.89. The Balaban J connectivity index is 3.12. The zero-order chi connectivity index (χ0) is 16.2. The molecule has 0 radical (unpaired) electrons. The van der Waals surface area contributed by atoms with Crippen LogP contribution in [0.4, 0.5) is 13.2 Å². The predicted molar refractivity (Wildman–Crippen MR) is 69.7 cm³/mol. The second-order valence-electron chi connectivity index (χ2n) is 4.32. The fraction of sp³-hybridized carbons (Fsp3) is 0.538. The van der Waals surface area contributed by atoms with Gasteiger partial charge in [0.25, 0.3) is 0 Å². The van der Waals surface area contributed by atoms with E-state index in [4.69, 9.17) is 19.9 Å². The molecule has 2 atom stereocenters. The smallest absolute Gasteiger partial charge is 0.403 e. The fourth-order valence-electron chi connectivity index (χ4n) is 1.89. The molecule has 0 spiro atoms. The molecule has 0 heterocycles. The van der Waals surface area contributed by atoms with Crippen LogP contribution in [0, 0.1) is 0 Å². The topological polar surface area (TPSA) is 73.9 Å². The maximum Gasteiger partial charge on any atom is 0.403 e. The Bertz CT molecular complexity index is 479. The molecule has 0 saturated carbocycles. The van der Waals surface area contributed by atoms with E-state index < -0.39 is 24.7 Å². The molecule has 0 amide bonds. The molecule has 1 aromatic carbocycles. The highest BCUT2D eigenvalue weighted by atomic mass is 19.4. The Morgan fingerprint density at radius 2 is 1.67 bits per heavy atom. The SMILES string of the molecule is COc1ccc([C@H](O)C[C@@H](N)C(F)(F)F)c(OC)c1OC. The van der Waals surface area contributed by atoms with Crippen molar-refractivity contribution < 1.29 is 32.5 Å². The molecule has 21 heavy (non-hydrogen) atoms. The molecule has 8 heteroatoms. The maximum absolute atomic E-state index is 12.5. The van der Waals surface area contributed by atoms with Crippen molar-refractivity contribution in [1.82, 2.24) is 0 Å². The van der Waals surface area contributed by atoms with Gasteiger partial charge in [0, 0.05) is 12.0 Å². The van der Waals surface area contributed by atoms with E-state index in [2.05, 4.69) is 0 Å². The summed E-state index contributed by atoms with van der Waals surface area (Å²) in [6.07, 6.45) is -6.71. The summed E-state index contributed by atoms with van der Waals surface area (Å²) in [7, 11) is 4.09. The molecule has 0 aliphatic rings. The number of nitrogens with two attached hydrogens (primary N) is 1. The van der Waals surface area contributed by atoms with E-state index in [0.29, 0.717) is 5.75 Å². The third-order valence-corrected chi connectivity index (χ3v) is 2.99. The molecule has 0 unspecified atom stereocenters. The first kappa shape index (κ1) is 17.4. The van der Waals surface area contributed by atoms with Gasteiger partial charge in [-0.3, -0.25) is 0 Å². The number of halogens is 3. The van der Waals surface area contributed by atoms with Gasteiger partial charge in [-0.2, -0.15) is 13.2 Å². The van der Waals surface area contributed by atoms with Gasteiger partial charge in [-0.15, -0.1) is 0 Å². The van der Waals surface area contributed by atoms with E-state index in [-0.39, 0.29) is 17.1 Å². The summed E-state index contributed by atoms with van der Waals surface area (Å²) < 4.78 is 52.7. The second kappa shape index (κ2) is 6.86. The number of benzene rings is 1. The van der Waals surface area contributed by atoms with Crippen molar-refractivity contribution in [3.8, 4) is 17.2 Å². The third-order valence-electron chi connectivity index (χ3n) is 2.99. The first-order valence-corrected chi connectivity index (χ1v) is 6.05. The molecule has 0 fully saturated rings. The lowest BCUT2D eigenvalue weighted by molar-refractivity contribution is -0.153. The Hall–Kier alpha value is -1.67. The zero-order valence-electron chi connectivity index (χ0n) is 11.9. The average molecular weight is 309 g/mol. The molecular formula is C13H18F3NO4. The lowest BCUT2D eigenvalue weighted by Crippen LogP contribution is -2.38. The molecule has 5 nitrogen and oxygen atoms in total. The van der Waals surface area contributed by atoms with Crippen molar-refractivity contribution in [2.45, 2.75) is 24.7 Å². The molecule has 0 bridgehead atoms. The number of hydrogen-bond donors (Lipinski definition) is 2. The molecule has 3 N–H and O–H groups in total. The van der Waals surface area contributed by atoms with Crippen molar-refractivity contribution in [3.05, 3.63) is 17.7 Å². The highest BCUT2D eigenvalue weighted by molar-refractivity contribution is 5.56. The zero-order valence-corrected chi connectivity index (χ0v) is 11.9. The minimum absolute atomic E-state index is 0.110. The van der Waals surface area contributed by atoms with Crippen LogP contribution in [0.25, 0.3) is 0 Å². The lowest BCUT2D eigenvalue weighted by Gasteiger charge is -2.22. The summed E-state index contributed by atoms with van der Waals surface area (Å²) in [5, 5.41) is 9.99. The standard InChI is InChI=1S/C13H18F3NO4/c1-19-9-5-4-7(11(20-2)12(9)21-3)8(18)6-10(17)13(14,15)16/h4-5,8,10,18H,6,17H2,1-3H3/t8-,10-/m1/s1. The average Bonchev–Trinajstić information content (AvgIpc) is 2.43. The number of ether oxygens (including phenoxy) is 3. The highest BCUT2D eigenvalue weighted by Gasteiger charge is 2.38. The molecule has 0 aliphatic heterocycles. The van der Waals surface area contributed by atoms with Crippen LogP contribution in [0.1, 0.15) is 18.1 Å². The summed E-state index contributed by atoms with van der Waals surface area (Å²) in [5.74, 6) is 0.640. The van der Waals surface area contributed by atoms with Gasteiger partial charge >= 0.3 is 6.18 Å². The van der Waals surface area contributed by atoms with Gasteiger partial charge in [0.05, 0.1) is 27.4 Å². The number of methoxy groups -OCH3 is 3. The van der Waals surface area contributed by atoms with Gasteiger partial charge in [0.1, 0.15) is 6.04 Å². The van der Waals surface area contributed by atoms with Gasteiger partial charge in [0.2, 0.25) is 5.75 Å². The van der Waals surface area contributed by atoms with Crippen LogP contribution in [-0.4, -0.2) is 38.7 Å². The van der Waals surface area contributed by atoms with Crippen molar-refractivity contribution in [2.75, 3.05) is 21.3 Å². The Kier molecular flexibility index (Phi) is 5.68. The quantitative estimate of drug-likeness (QED) is 0.841. The van der Waals surface area contributed by atoms with Crippen molar-refractivity contribution in [3.63, 3.8) is 0 Å². The Morgan fingerprint density at radius 3 is 2.10 bits per heavy atom. The molecule has 120 valence electrons. The van der Waals surface area contributed by atoms with E-state index in [0.717, 1.165) is 0 Å². The van der Waals surface area contributed by atoms with Gasteiger partial charge in [-0.1, -0.05) is 0 Å². The first-order chi connectivity index (χ1) is 9.76. The van der Waals surface area contributed by atoms with Gasteiger partial charge in [-0.25, -0.2) is 0 Å². The van der Waals surface area contributed by atoms with E-state index in [1.54, 1.807) is 0 Å². The van der Waals surface area contributed by atoms with Crippen molar-refractivity contribution in [2.24, 2.45) is 5.73 Å². The normalized spacial score (nSPS) is 14.5. The highest BCUT2D eigenvalue weighted by Crippen LogP contribution is 2.43. The second-order valence-corrected chi connectivity index (χ2v) is 4.32. The van der Waals surface area contributed by atoms with Crippen LogP contribution in [-0.2, 0) is 0 Å². The minimum Gasteiger partial charge on any atom is -0.493 e. The van der Waals surface area contributed by atoms with Gasteiger partial charge in [0.15, 0.2) is 11.5 Å². The monoisotopic (exact) mass is 309 g/mol. The van der Waals surface area contributed by atoms with Crippen molar-refractivity contribution >= 4 is 0 Å². The number of aliphatic hydroxyl groups is 1. The number of rotatable bonds is 6. The lowest BCUT2D eigenvalue weighted by atomic mass is 10.0. The number of aliphatic hydroxyl groups excluding tert-OH is 1. The Labute approximate surface area is 120 Å². The van der Waals surface area contributed by atoms with Crippen molar-refractivity contribution in [1.29, 1.82) is 0 Å². The van der Waals surface area contributed by atoms with Gasteiger partial charge < -0.3 is 25.1 Å². The molecular weight excluding hydrogens is 291 g/mol. The number of alkyl halides is 3. The molecule has 0 aliphatic carbocycles. The largest absolute Gasteiger partial charge is 0.493 e. The van der Waals surface area contributed by atoms with Crippen LogP contribution in [0.2, 0.25) is 0 Å². The first-order valence-electron chi connectivity index (χ1n) is 6.05. The van der Waals surface area contributed by atoms with Gasteiger partial charge in [-0.05, 0) is 12.1 Å². The molecule has 0 saturated heterocycles. The predicted octanol–water partition coefficient (Wildman–Crippen LogP) is 2.03. The minimum atomic E-state index is -4.58. The summed E-state index contributed by atoms with van der Waals surface area (Å²) in [4.78, 5) is 0. The Morgan fingerprint density at radius 1 is 1.10 bits per heavy atom. The third kappa shape index (κ3) is 3.92. The van der Waals surface area contributed by atoms with E-state index in [9.17, 15) is 18.3 Å². The summed E-state index contributed by atoms with van der Waals surface area (Å²) >= 11 is 0. The van der Waals surface area contributed by atoms with Crippen LogP contribution >= 0.6 is 0 Å². The van der Waals surface area contributed by atoms with E-state index in [1.165, 1.54) is 33.5 Å². The van der Waals surface area contributed by atoms with E-state index in [1.807, 2.05) is 0 Å². The molecule has 1 rings (SSSR count). The van der Waals surface area contributed by atoms with Crippen LogP contribution in [0.3, 0.4) is 0 Å². The maximum atomic E-state index is 12.5. The van der Waals surface area contributed by atoms with Crippen LogP contribution in [0.15, 0.2) is 12.1 Å².